The van der Waals surface area contributed by atoms with E-state index in [1.165, 1.54) is 44.6 Å². The maximum absolute atomic E-state index is 13.0. The van der Waals surface area contributed by atoms with Crippen molar-refractivity contribution < 1.29 is 18.7 Å². The summed E-state index contributed by atoms with van der Waals surface area (Å²) < 4.78 is 24.9. The SMILES string of the molecule is COc1ccc(Oc2c(NC(=O)c3ccc(F)cc3)cnn(C)c2=O)cc1. The summed E-state index contributed by atoms with van der Waals surface area (Å²) in [5.41, 5.74) is -0.196. The Kier molecular flexibility index (Phi) is 5.16. The third-order valence-electron chi connectivity index (χ3n) is 3.73. The van der Waals surface area contributed by atoms with Gasteiger partial charge < -0.3 is 14.8 Å². The summed E-state index contributed by atoms with van der Waals surface area (Å²) >= 11 is 0. The largest absolute Gasteiger partial charge is 0.497 e. The molecule has 8 heteroatoms. The van der Waals surface area contributed by atoms with Crippen LogP contribution in [0.25, 0.3) is 0 Å². The van der Waals surface area contributed by atoms with Gasteiger partial charge in [0.05, 0.1) is 13.3 Å². The topological polar surface area (TPSA) is 82.4 Å². The fourth-order valence-electron chi connectivity index (χ4n) is 2.26. The number of aromatic nitrogens is 2. The third kappa shape index (κ3) is 4.12. The monoisotopic (exact) mass is 369 g/mol. The molecule has 0 spiro atoms. The van der Waals surface area contributed by atoms with Crippen LogP contribution in [0.4, 0.5) is 10.1 Å². The first-order valence-electron chi connectivity index (χ1n) is 7.93. The molecule has 2 aromatic carbocycles. The van der Waals surface area contributed by atoms with Crippen LogP contribution < -0.4 is 20.3 Å². The average Bonchev–Trinajstić information content (AvgIpc) is 2.68. The highest BCUT2D eigenvalue weighted by Gasteiger charge is 2.16. The summed E-state index contributed by atoms with van der Waals surface area (Å²) in [5, 5.41) is 6.47. The number of ether oxygens (including phenoxy) is 2. The predicted octanol–water partition coefficient (Wildman–Crippen LogP) is 2.97. The Bertz CT molecular complexity index is 1010. The van der Waals surface area contributed by atoms with Crippen molar-refractivity contribution in [2.24, 2.45) is 7.05 Å². The molecule has 27 heavy (non-hydrogen) atoms. The molecule has 0 aliphatic heterocycles. The molecule has 0 fully saturated rings. The first-order valence-corrected chi connectivity index (χ1v) is 7.93. The van der Waals surface area contributed by atoms with Crippen LogP contribution in [0.15, 0.2) is 59.5 Å². The van der Waals surface area contributed by atoms with Crippen molar-refractivity contribution in [1.82, 2.24) is 9.78 Å². The number of aryl methyl sites for hydroxylation is 1. The number of carbonyl (C=O) groups excluding carboxylic acids is 1. The molecule has 0 saturated carbocycles. The van der Waals surface area contributed by atoms with Crippen LogP contribution in [-0.2, 0) is 7.05 Å². The number of hydrogen-bond acceptors (Lipinski definition) is 5. The molecule has 0 unspecified atom stereocenters. The van der Waals surface area contributed by atoms with E-state index in [0.717, 1.165) is 4.68 Å². The lowest BCUT2D eigenvalue weighted by Crippen LogP contribution is -2.23. The predicted molar refractivity (Wildman–Crippen MR) is 96.9 cm³/mol. The Balaban J connectivity index is 1.90. The zero-order valence-corrected chi connectivity index (χ0v) is 14.6. The molecule has 0 atom stereocenters. The molecular formula is C19H16FN3O4. The Morgan fingerprint density at radius 3 is 2.33 bits per heavy atom. The molecule has 3 rings (SSSR count). The van der Waals surface area contributed by atoms with Crippen molar-refractivity contribution in [2.75, 3.05) is 12.4 Å². The zero-order chi connectivity index (χ0) is 19.4. The van der Waals surface area contributed by atoms with Crippen molar-refractivity contribution in [3.8, 4) is 17.2 Å². The Hall–Kier alpha value is -3.68. The van der Waals surface area contributed by atoms with E-state index >= 15 is 0 Å². The van der Waals surface area contributed by atoms with E-state index in [4.69, 9.17) is 9.47 Å². The number of anilines is 1. The number of benzene rings is 2. The van der Waals surface area contributed by atoms with E-state index in [1.54, 1.807) is 24.3 Å². The van der Waals surface area contributed by atoms with Gasteiger partial charge in [0.15, 0.2) is 0 Å². The second kappa shape index (κ2) is 7.69. The smallest absolute Gasteiger partial charge is 0.311 e. The summed E-state index contributed by atoms with van der Waals surface area (Å²) in [4.78, 5) is 24.8. The summed E-state index contributed by atoms with van der Waals surface area (Å²) in [5.74, 6) is -0.0470. The van der Waals surface area contributed by atoms with Crippen molar-refractivity contribution in [2.45, 2.75) is 0 Å². The first kappa shape index (κ1) is 18.1. The molecule has 1 N–H and O–H groups in total. The van der Waals surface area contributed by atoms with Crippen LogP contribution in [0.3, 0.4) is 0 Å². The summed E-state index contributed by atoms with van der Waals surface area (Å²) in [6.07, 6.45) is 1.31. The van der Waals surface area contributed by atoms with E-state index in [2.05, 4.69) is 10.4 Å². The van der Waals surface area contributed by atoms with Crippen molar-refractivity contribution in [3.05, 3.63) is 76.5 Å². The Morgan fingerprint density at radius 2 is 1.70 bits per heavy atom. The lowest BCUT2D eigenvalue weighted by atomic mass is 10.2. The molecule has 0 saturated heterocycles. The first-order chi connectivity index (χ1) is 13.0. The summed E-state index contributed by atoms with van der Waals surface area (Å²) in [6.45, 7) is 0. The van der Waals surface area contributed by atoms with E-state index in [0.29, 0.717) is 11.5 Å². The zero-order valence-electron chi connectivity index (χ0n) is 14.6. The van der Waals surface area contributed by atoms with Gasteiger partial charge in [-0.05, 0) is 48.5 Å². The van der Waals surface area contributed by atoms with Gasteiger partial charge in [-0.2, -0.15) is 5.10 Å². The molecule has 7 nitrogen and oxygen atoms in total. The molecule has 0 aliphatic carbocycles. The highest BCUT2D eigenvalue weighted by molar-refractivity contribution is 6.04. The highest BCUT2D eigenvalue weighted by atomic mass is 19.1. The van der Waals surface area contributed by atoms with Gasteiger partial charge in [0.25, 0.3) is 5.91 Å². The van der Waals surface area contributed by atoms with Gasteiger partial charge in [0, 0.05) is 12.6 Å². The molecule has 0 bridgehead atoms. The van der Waals surface area contributed by atoms with E-state index in [1.807, 2.05) is 0 Å². The van der Waals surface area contributed by atoms with Gasteiger partial charge in [-0.15, -0.1) is 0 Å². The van der Waals surface area contributed by atoms with Gasteiger partial charge in [0.1, 0.15) is 23.0 Å². The number of rotatable bonds is 5. The quantitative estimate of drug-likeness (QED) is 0.748. The van der Waals surface area contributed by atoms with Crippen molar-refractivity contribution in [1.29, 1.82) is 0 Å². The lowest BCUT2D eigenvalue weighted by molar-refractivity contribution is 0.102. The average molecular weight is 369 g/mol. The fourth-order valence-corrected chi connectivity index (χ4v) is 2.26. The Labute approximate surface area is 154 Å². The molecule has 1 aromatic heterocycles. The lowest BCUT2D eigenvalue weighted by Gasteiger charge is -2.12. The standard InChI is InChI=1S/C19H16FN3O4/c1-23-19(25)17(27-15-9-7-14(26-2)8-10-15)16(11-21-23)22-18(24)12-3-5-13(20)6-4-12/h3-11H,1-2H3,(H,22,24). The van der Waals surface area contributed by atoms with Crippen LogP contribution in [0.5, 0.6) is 17.2 Å². The van der Waals surface area contributed by atoms with Crippen LogP contribution in [-0.4, -0.2) is 22.8 Å². The number of nitrogens with zero attached hydrogens (tertiary/aromatic N) is 2. The molecule has 138 valence electrons. The number of methoxy groups -OCH3 is 1. The molecule has 3 aromatic rings. The van der Waals surface area contributed by atoms with Crippen LogP contribution >= 0.6 is 0 Å². The normalized spacial score (nSPS) is 10.3. The maximum atomic E-state index is 13.0. The second-order valence-corrected chi connectivity index (χ2v) is 5.55. The highest BCUT2D eigenvalue weighted by Crippen LogP contribution is 2.27. The molecule has 0 radical (unpaired) electrons. The van der Waals surface area contributed by atoms with Gasteiger partial charge in [-0.3, -0.25) is 9.59 Å². The summed E-state index contributed by atoms with van der Waals surface area (Å²) in [6, 6.07) is 11.6. The number of nitrogens with one attached hydrogen (secondary N) is 1. The number of amides is 1. The molecule has 1 amide bonds. The minimum atomic E-state index is -0.525. The van der Waals surface area contributed by atoms with E-state index in [9.17, 15) is 14.0 Å². The second-order valence-electron chi connectivity index (χ2n) is 5.55. The van der Waals surface area contributed by atoms with Gasteiger partial charge in [0.2, 0.25) is 5.75 Å². The van der Waals surface area contributed by atoms with Crippen LogP contribution in [0.1, 0.15) is 10.4 Å². The van der Waals surface area contributed by atoms with Crippen LogP contribution in [0, 0.1) is 5.82 Å². The number of halogens is 1. The van der Waals surface area contributed by atoms with E-state index < -0.39 is 17.3 Å². The van der Waals surface area contributed by atoms with Crippen LogP contribution in [0.2, 0.25) is 0 Å². The van der Waals surface area contributed by atoms with Gasteiger partial charge in [-0.1, -0.05) is 0 Å². The number of hydrogen-bond donors (Lipinski definition) is 1. The minimum Gasteiger partial charge on any atom is -0.497 e. The van der Waals surface area contributed by atoms with Gasteiger partial charge >= 0.3 is 5.56 Å². The maximum Gasteiger partial charge on any atom is 0.311 e. The molecule has 1 heterocycles. The third-order valence-corrected chi connectivity index (χ3v) is 3.73. The Morgan fingerprint density at radius 1 is 1.07 bits per heavy atom. The number of carbonyl (C=O) groups is 1. The molecule has 0 aliphatic rings. The van der Waals surface area contributed by atoms with Crippen molar-refractivity contribution >= 4 is 11.6 Å². The molecular weight excluding hydrogens is 353 g/mol. The summed E-state index contributed by atoms with van der Waals surface area (Å²) in [7, 11) is 3.01. The minimum absolute atomic E-state index is 0.0897. The van der Waals surface area contributed by atoms with E-state index in [-0.39, 0.29) is 17.0 Å². The fraction of sp³-hybridized carbons (Fsp3) is 0.105. The van der Waals surface area contributed by atoms with Crippen molar-refractivity contribution in [3.63, 3.8) is 0 Å². The van der Waals surface area contributed by atoms with Gasteiger partial charge in [-0.25, -0.2) is 9.07 Å².